The van der Waals surface area contributed by atoms with Gasteiger partial charge in [0.05, 0.1) is 10.7 Å². The van der Waals surface area contributed by atoms with E-state index in [0.717, 1.165) is 10.0 Å². The second-order valence-corrected chi connectivity index (χ2v) is 8.16. The molecule has 0 bridgehead atoms. The molecule has 6 nitrogen and oxygen atoms in total. The summed E-state index contributed by atoms with van der Waals surface area (Å²) in [7, 11) is 0. The molecule has 0 heterocycles. The molecule has 154 valence electrons. The molecule has 0 unspecified atom stereocenters. The van der Waals surface area contributed by atoms with E-state index in [9.17, 15) is 14.4 Å². The highest BCUT2D eigenvalue weighted by Crippen LogP contribution is 2.25. The number of ether oxygens (including phenoxy) is 1. The Labute approximate surface area is 183 Å². The van der Waals surface area contributed by atoms with Crippen LogP contribution in [0.15, 0.2) is 46.9 Å². The van der Waals surface area contributed by atoms with Gasteiger partial charge >= 0.3 is 5.97 Å². The van der Waals surface area contributed by atoms with Gasteiger partial charge < -0.3 is 15.4 Å². The second-order valence-electron chi connectivity index (χ2n) is 6.84. The fourth-order valence-corrected chi connectivity index (χ4v) is 3.15. The lowest BCUT2D eigenvalue weighted by molar-refractivity contribution is -0.150. The first kappa shape index (κ1) is 22.9. The zero-order valence-corrected chi connectivity index (χ0v) is 18.6. The molecule has 2 amide bonds. The SMILES string of the molecule is Cc1ccc(C(=O)N[C@H](C(=O)OCC(=O)Nc2ccc(Br)cc2Cl)C(C)C)cc1. The number of halogens is 2. The van der Waals surface area contributed by atoms with Gasteiger partial charge in [-0.25, -0.2) is 4.79 Å². The first-order valence-corrected chi connectivity index (χ1v) is 10.1. The maximum absolute atomic E-state index is 12.4. The molecule has 2 aromatic carbocycles. The van der Waals surface area contributed by atoms with Crippen molar-refractivity contribution >= 4 is 51.0 Å². The molecule has 0 fully saturated rings. The number of carbonyl (C=O) groups is 3. The molecular weight excluding hydrogens is 460 g/mol. The molecule has 2 rings (SSSR count). The second kappa shape index (κ2) is 10.4. The summed E-state index contributed by atoms with van der Waals surface area (Å²) in [4.78, 5) is 36.9. The molecule has 2 N–H and O–H groups in total. The van der Waals surface area contributed by atoms with Crippen LogP contribution in [0.25, 0.3) is 0 Å². The normalized spacial score (nSPS) is 11.7. The number of anilines is 1. The van der Waals surface area contributed by atoms with E-state index in [2.05, 4.69) is 26.6 Å². The van der Waals surface area contributed by atoms with Crippen molar-refractivity contribution in [3.8, 4) is 0 Å². The van der Waals surface area contributed by atoms with E-state index in [1.54, 1.807) is 44.2 Å². The molecule has 0 saturated heterocycles. The summed E-state index contributed by atoms with van der Waals surface area (Å²) in [6.45, 7) is 4.99. The van der Waals surface area contributed by atoms with Crippen LogP contribution in [0.4, 0.5) is 5.69 Å². The van der Waals surface area contributed by atoms with Crippen molar-refractivity contribution in [2.75, 3.05) is 11.9 Å². The zero-order chi connectivity index (χ0) is 21.6. The van der Waals surface area contributed by atoms with Crippen LogP contribution >= 0.6 is 27.5 Å². The standard InChI is InChI=1S/C21H22BrClN2O4/c1-12(2)19(25-20(27)14-6-4-13(3)5-7-14)21(28)29-11-18(26)24-17-9-8-15(22)10-16(17)23/h4-10,12,19H,11H2,1-3H3,(H,24,26)(H,25,27)/t19-/m0/s1. The monoisotopic (exact) mass is 480 g/mol. The Bertz CT molecular complexity index is 900. The summed E-state index contributed by atoms with van der Waals surface area (Å²) < 4.78 is 5.88. The third-order valence-corrected chi connectivity index (χ3v) is 4.88. The van der Waals surface area contributed by atoms with Gasteiger partial charge in [-0.15, -0.1) is 0 Å². The Morgan fingerprint density at radius 2 is 1.76 bits per heavy atom. The first-order valence-electron chi connectivity index (χ1n) is 8.96. The fraction of sp³-hybridized carbons (Fsp3) is 0.286. The summed E-state index contributed by atoms with van der Waals surface area (Å²) in [6.07, 6.45) is 0. The molecule has 0 radical (unpaired) electrons. The van der Waals surface area contributed by atoms with Crippen molar-refractivity contribution in [3.05, 3.63) is 63.1 Å². The molecule has 8 heteroatoms. The lowest BCUT2D eigenvalue weighted by Crippen LogP contribution is -2.45. The maximum atomic E-state index is 12.4. The van der Waals surface area contributed by atoms with Crippen LogP contribution < -0.4 is 10.6 Å². The Hall–Kier alpha value is -2.38. The zero-order valence-electron chi connectivity index (χ0n) is 16.3. The van der Waals surface area contributed by atoms with E-state index in [1.165, 1.54) is 0 Å². The van der Waals surface area contributed by atoms with Gasteiger partial charge in [0.1, 0.15) is 6.04 Å². The average Bonchev–Trinajstić information content (AvgIpc) is 2.66. The molecule has 0 aliphatic carbocycles. The number of hydrogen-bond donors (Lipinski definition) is 2. The van der Waals surface area contributed by atoms with Crippen LogP contribution in [0.5, 0.6) is 0 Å². The summed E-state index contributed by atoms with van der Waals surface area (Å²) in [6, 6.07) is 11.1. The summed E-state index contributed by atoms with van der Waals surface area (Å²) in [5, 5.41) is 5.60. The van der Waals surface area contributed by atoms with E-state index in [1.807, 2.05) is 19.1 Å². The molecule has 0 aliphatic rings. The minimum Gasteiger partial charge on any atom is -0.454 e. The Balaban J connectivity index is 1.94. The van der Waals surface area contributed by atoms with Crippen molar-refractivity contribution in [2.45, 2.75) is 26.8 Å². The molecule has 1 atom stereocenters. The third kappa shape index (κ3) is 6.87. The van der Waals surface area contributed by atoms with Crippen LogP contribution in [-0.2, 0) is 14.3 Å². The van der Waals surface area contributed by atoms with Crippen molar-refractivity contribution in [1.29, 1.82) is 0 Å². The topological polar surface area (TPSA) is 84.5 Å². The number of carbonyl (C=O) groups excluding carboxylic acids is 3. The van der Waals surface area contributed by atoms with E-state index < -0.39 is 24.5 Å². The van der Waals surface area contributed by atoms with Gasteiger partial charge in [-0.2, -0.15) is 0 Å². The average molecular weight is 482 g/mol. The minimum atomic E-state index is -0.882. The lowest BCUT2D eigenvalue weighted by atomic mass is 10.0. The first-order chi connectivity index (χ1) is 13.7. The van der Waals surface area contributed by atoms with Gasteiger partial charge in [0.25, 0.3) is 11.8 Å². The number of benzene rings is 2. The fourth-order valence-electron chi connectivity index (χ4n) is 2.43. The number of aryl methyl sites for hydroxylation is 1. The van der Waals surface area contributed by atoms with Gasteiger partial charge in [0.15, 0.2) is 6.61 Å². The van der Waals surface area contributed by atoms with Crippen LogP contribution in [0.2, 0.25) is 5.02 Å². The largest absolute Gasteiger partial charge is 0.454 e. The Morgan fingerprint density at radius 1 is 1.10 bits per heavy atom. The molecule has 0 aliphatic heterocycles. The lowest BCUT2D eigenvalue weighted by Gasteiger charge is -2.21. The molecule has 0 saturated carbocycles. The molecular formula is C21H22BrClN2O4. The van der Waals surface area contributed by atoms with Gasteiger partial charge in [-0.1, -0.05) is 59.1 Å². The summed E-state index contributed by atoms with van der Waals surface area (Å²) in [5.41, 5.74) is 1.87. The maximum Gasteiger partial charge on any atom is 0.329 e. The third-order valence-electron chi connectivity index (χ3n) is 4.07. The molecule has 2 aromatic rings. The number of hydrogen-bond acceptors (Lipinski definition) is 4. The van der Waals surface area contributed by atoms with Crippen LogP contribution in [0.1, 0.15) is 29.8 Å². The highest BCUT2D eigenvalue weighted by Gasteiger charge is 2.26. The van der Waals surface area contributed by atoms with Gasteiger partial charge in [-0.3, -0.25) is 9.59 Å². The molecule has 0 spiro atoms. The van der Waals surface area contributed by atoms with Gasteiger partial charge in [0, 0.05) is 10.0 Å². The van der Waals surface area contributed by atoms with E-state index >= 15 is 0 Å². The minimum absolute atomic E-state index is 0.221. The summed E-state index contributed by atoms with van der Waals surface area (Å²) >= 11 is 9.33. The molecule has 0 aromatic heterocycles. The number of amides is 2. The van der Waals surface area contributed by atoms with E-state index in [4.69, 9.17) is 16.3 Å². The van der Waals surface area contributed by atoms with Gasteiger partial charge in [0.2, 0.25) is 0 Å². The highest BCUT2D eigenvalue weighted by molar-refractivity contribution is 9.10. The highest BCUT2D eigenvalue weighted by atomic mass is 79.9. The summed E-state index contributed by atoms with van der Waals surface area (Å²) in [5.74, 6) is -1.82. The predicted octanol–water partition coefficient (Wildman–Crippen LogP) is 4.35. The predicted molar refractivity (Wildman–Crippen MR) is 116 cm³/mol. The number of esters is 1. The smallest absolute Gasteiger partial charge is 0.329 e. The van der Waals surface area contributed by atoms with Crippen LogP contribution in [-0.4, -0.2) is 30.4 Å². The van der Waals surface area contributed by atoms with Crippen molar-refractivity contribution in [1.82, 2.24) is 5.32 Å². The van der Waals surface area contributed by atoms with Crippen LogP contribution in [0.3, 0.4) is 0 Å². The van der Waals surface area contributed by atoms with Gasteiger partial charge in [-0.05, 0) is 43.2 Å². The Morgan fingerprint density at radius 3 is 2.34 bits per heavy atom. The van der Waals surface area contributed by atoms with Crippen LogP contribution in [0, 0.1) is 12.8 Å². The van der Waals surface area contributed by atoms with Crippen molar-refractivity contribution in [3.63, 3.8) is 0 Å². The number of rotatable bonds is 7. The van der Waals surface area contributed by atoms with E-state index in [-0.39, 0.29) is 11.8 Å². The quantitative estimate of drug-likeness (QED) is 0.576. The van der Waals surface area contributed by atoms with Crippen molar-refractivity contribution in [2.24, 2.45) is 5.92 Å². The molecule has 29 heavy (non-hydrogen) atoms. The number of nitrogens with one attached hydrogen (secondary N) is 2. The van der Waals surface area contributed by atoms with E-state index in [0.29, 0.717) is 16.3 Å². The van der Waals surface area contributed by atoms with Crippen molar-refractivity contribution < 1.29 is 19.1 Å². The Kier molecular flexibility index (Phi) is 8.22.